The van der Waals surface area contributed by atoms with E-state index in [1.54, 1.807) is 17.0 Å². The van der Waals surface area contributed by atoms with Gasteiger partial charge in [0.05, 0.1) is 5.56 Å². The lowest BCUT2D eigenvalue weighted by Crippen LogP contribution is -2.35. The summed E-state index contributed by atoms with van der Waals surface area (Å²) in [6.07, 6.45) is 0.582. The molecule has 1 aromatic carbocycles. The maximum Gasteiger partial charge on any atom is 0.410 e. The second kappa shape index (κ2) is 5.76. The number of carboxylic acid groups (broad SMARTS) is 1. The first-order valence-corrected chi connectivity index (χ1v) is 7.07. The van der Waals surface area contributed by atoms with E-state index in [9.17, 15) is 9.59 Å². The minimum Gasteiger partial charge on any atom is -0.478 e. The fourth-order valence-corrected chi connectivity index (χ4v) is 2.42. The molecule has 0 bridgehead atoms. The van der Waals surface area contributed by atoms with Gasteiger partial charge in [0.15, 0.2) is 0 Å². The van der Waals surface area contributed by atoms with E-state index in [0.717, 1.165) is 12.0 Å². The summed E-state index contributed by atoms with van der Waals surface area (Å²) in [5, 5.41) is 8.89. The smallest absolute Gasteiger partial charge is 0.410 e. The number of hydrogen-bond donors (Lipinski definition) is 1. The minimum absolute atomic E-state index is 0.236. The lowest BCUT2D eigenvalue weighted by molar-refractivity contribution is 0.0292. The zero-order valence-electron chi connectivity index (χ0n) is 12.6. The largest absolute Gasteiger partial charge is 0.478 e. The summed E-state index contributed by atoms with van der Waals surface area (Å²) in [7, 11) is 0. The van der Waals surface area contributed by atoms with Crippen LogP contribution in [0.2, 0.25) is 0 Å². The number of carbonyl (C=O) groups excluding carboxylic acids is 1. The number of nitrogens with zero attached hydrogens (tertiary/aromatic N) is 1. The molecule has 0 aliphatic carbocycles. The van der Waals surface area contributed by atoms with Crippen molar-refractivity contribution in [2.24, 2.45) is 0 Å². The maximum absolute atomic E-state index is 12.0. The molecule has 0 saturated carbocycles. The molecule has 0 radical (unpaired) electrons. The van der Waals surface area contributed by atoms with Gasteiger partial charge in [0, 0.05) is 19.0 Å². The molecule has 1 saturated heterocycles. The highest BCUT2D eigenvalue weighted by atomic mass is 16.6. The van der Waals surface area contributed by atoms with Gasteiger partial charge in [-0.3, -0.25) is 0 Å². The number of aromatic carboxylic acids is 1. The van der Waals surface area contributed by atoms with Crippen molar-refractivity contribution in [3.05, 3.63) is 35.4 Å². The van der Waals surface area contributed by atoms with Crippen LogP contribution < -0.4 is 0 Å². The summed E-state index contributed by atoms with van der Waals surface area (Å²) in [6.45, 7) is 6.83. The van der Waals surface area contributed by atoms with E-state index < -0.39 is 11.6 Å². The summed E-state index contributed by atoms with van der Waals surface area (Å²) >= 11 is 0. The van der Waals surface area contributed by atoms with Crippen LogP contribution in [0.15, 0.2) is 24.3 Å². The maximum atomic E-state index is 12.0. The molecule has 1 N–H and O–H groups in total. The Hall–Kier alpha value is -2.04. The summed E-state index contributed by atoms with van der Waals surface area (Å²) in [5.41, 5.74) is 0.852. The molecule has 1 heterocycles. The molecule has 1 atom stereocenters. The highest BCUT2D eigenvalue weighted by Crippen LogP contribution is 2.28. The van der Waals surface area contributed by atoms with Gasteiger partial charge in [-0.1, -0.05) is 12.1 Å². The second-order valence-corrected chi connectivity index (χ2v) is 6.34. The Labute approximate surface area is 124 Å². The van der Waals surface area contributed by atoms with Crippen LogP contribution in [-0.2, 0) is 4.74 Å². The van der Waals surface area contributed by atoms with Crippen LogP contribution in [0, 0.1) is 0 Å². The third-order valence-electron chi connectivity index (χ3n) is 3.47. The number of benzene rings is 1. The molecule has 1 aromatic rings. The molecular formula is C16H21NO4. The van der Waals surface area contributed by atoms with Gasteiger partial charge in [-0.25, -0.2) is 9.59 Å². The van der Waals surface area contributed by atoms with Gasteiger partial charge >= 0.3 is 12.1 Å². The van der Waals surface area contributed by atoms with Crippen molar-refractivity contribution in [1.82, 2.24) is 4.90 Å². The zero-order chi connectivity index (χ0) is 15.6. The number of amides is 1. The SMILES string of the molecule is CC(C)(C)OC(=O)N1CC[C@H](c2ccc(C(=O)O)cc2)C1. The molecule has 1 aliphatic rings. The third kappa shape index (κ3) is 3.97. The van der Waals surface area contributed by atoms with Crippen molar-refractivity contribution >= 4 is 12.1 Å². The van der Waals surface area contributed by atoms with E-state index in [2.05, 4.69) is 0 Å². The molecule has 1 aliphatic heterocycles. The number of carbonyl (C=O) groups is 2. The average Bonchev–Trinajstić information content (AvgIpc) is 2.86. The number of carboxylic acids is 1. The molecule has 5 heteroatoms. The minimum atomic E-state index is -0.927. The molecular weight excluding hydrogens is 270 g/mol. The van der Waals surface area contributed by atoms with E-state index in [1.165, 1.54) is 0 Å². The van der Waals surface area contributed by atoms with E-state index in [1.807, 2.05) is 32.9 Å². The number of hydrogen-bond acceptors (Lipinski definition) is 3. The highest BCUT2D eigenvalue weighted by molar-refractivity contribution is 5.87. The molecule has 0 aromatic heterocycles. The zero-order valence-corrected chi connectivity index (χ0v) is 12.6. The van der Waals surface area contributed by atoms with Crippen LogP contribution in [0.3, 0.4) is 0 Å². The number of likely N-dealkylation sites (tertiary alicyclic amines) is 1. The molecule has 1 fully saturated rings. The van der Waals surface area contributed by atoms with Crippen LogP contribution >= 0.6 is 0 Å². The fraction of sp³-hybridized carbons (Fsp3) is 0.500. The monoisotopic (exact) mass is 291 g/mol. The Bertz CT molecular complexity index is 530. The predicted molar refractivity (Wildman–Crippen MR) is 78.6 cm³/mol. The Kier molecular flexibility index (Phi) is 4.21. The number of ether oxygens (including phenoxy) is 1. The van der Waals surface area contributed by atoms with E-state index >= 15 is 0 Å². The molecule has 5 nitrogen and oxygen atoms in total. The highest BCUT2D eigenvalue weighted by Gasteiger charge is 2.30. The van der Waals surface area contributed by atoms with Gasteiger partial charge in [-0.05, 0) is 44.9 Å². The van der Waals surface area contributed by atoms with Crippen molar-refractivity contribution in [2.75, 3.05) is 13.1 Å². The van der Waals surface area contributed by atoms with Gasteiger partial charge in [0.25, 0.3) is 0 Å². The Balaban J connectivity index is 1.99. The topological polar surface area (TPSA) is 66.8 Å². The van der Waals surface area contributed by atoms with Crippen molar-refractivity contribution in [2.45, 2.75) is 38.7 Å². The third-order valence-corrected chi connectivity index (χ3v) is 3.47. The van der Waals surface area contributed by atoms with Crippen molar-refractivity contribution in [3.8, 4) is 0 Å². The average molecular weight is 291 g/mol. The molecule has 21 heavy (non-hydrogen) atoms. The summed E-state index contributed by atoms with van der Waals surface area (Å²) in [5.74, 6) is -0.691. The van der Waals surface area contributed by atoms with Crippen LogP contribution in [0.5, 0.6) is 0 Å². The van der Waals surface area contributed by atoms with Crippen LogP contribution in [0.1, 0.15) is 49.0 Å². The summed E-state index contributed by atoms with van der Waals surface area (Å²) < 4.78 is 5.37. The van der Waals surface area contributed by atoms with Crippen LogP contribution in [-0.4, -0.2) is 40.8 Å². The summed E-state index contributed by atoms with van der Waals surface area (Å²) in [4.78, 5) is 24.6. The normalized spacial score (nSPS) is 18.6. The Morgan fingerprint density at radius 2 is 1.86 bits per heavy atom. The molecule has 114 valence electrons. The van der Waals surface area contributed by atoms with Gasteiger partial charge in [0.1, 0.15) is 5.60 Å². The summed E-state index contributed by atoms with van der Waals surface area (Å²) in [6, 6.07) is 6.86. The first-order valence-electron chi connectivity index (χ1n) is 7.07. The first kappa shape index (κ1) is 15.4. The molecule has 2 rings (SSSR count). The molecule has 0 unspecified atom stereocenters. The number of rotatable bonds is 2. The molecule has 1 amide bonds. The van der Waals surface area contributed by atoms with Crippen molar-refractivity contribution in [3.63, 3.8) is 0 Å². The van der Waals surface area contributed by atoms with Crippen LogP contribution in [0.4, 0.5) is 4.79 Å². The van der Waals surface area contributed by atoms with Gasteiger partial charge in [-0.2, -0.15) is 0 Å². The fourth-order valence-electron chi connectivity index (χ4n) is 2.42. The standard InChI is InChI=1S/C16H21NO4/c1-16(2,3)21-15(20)17-9-8-13(10-17)11-4-6-12(7-5-11)14(18)19/h4-7,13H,8-10H2,1-3H3,(H,18,19)/t13-/m0/s1. The Morgan fingerprint density at radius 1 is 1.24 bits per heavy atom. The first-order chi connectivity index (χ1) is 9.76. The lowest BCUT2D eigenvalue weighted by Gasteiger charge is -2.24. The lowest BCUT2D eigenvalue weighted by atomic mass is 9.97. The van der Waals surface area contributed by atoms with Crippen LogP contribution in [0.25, 0.3) is 0 Å². The quantitative estimate of drug-likeness (QED) is 0.909. The van der Waals surface area contributed by atoms with Crippen molar-refractivity contribution < 1.29 is 19.4 Å². The van der Waals surface area contributed by atoms with E-state index in [-0.39, 0.29) is 17.6 Å². The van der Waals surface area contributed by atoms with Crippen molar-refractivity contribution in [1.29, 1.82) is 0 Å². The van der Waals surface area contributed by atoms with E-state index in [4.69, 9.17) is 9.84 Å². The van der Waals surface area contributed by atoms with Gasteiger partial charge < -0.3 is 14.7 Å². The molecule has 0 spiro atoms. The van der Waals surface area contributed by atoms with Gasteiger partial charge in [-0.15, -0.1) is 0 Å². The Morgan fingerprint density at radius 3 is 2.38 bits per heavy atom. The van der Waals surface area contributed by atoms with Gasteiger partial charge in [0.2, 0.25) is 0 Å². The van der Waals surface area contributed by atoms with E-state index in [0.29, 0.717) is 13.1 Å². The predicted octanol–water partition coefficient (Wildman–Crippen LogP) is 3.11. The second-order valence-electron chi connectivity index (χ2n) is 6.34.